The molecular weight excluding hydrogens is 660 g/mol. The van der Waals surface area contributed by atoms with E-state index in [1.165, 1.54) is 6.92 Å². The lowest BCUT2D eigenvalue weighted by Gasteiger charge is -2.70. The number of anilines is 1. The molecule has 278 valence electrons. The Morgan fingerprint density at radius 1 is 1.06 bits per heavy atom. The number of rotatable bonds is 9. The second-order valence-electron chi connectivity index (χ2n) is 16.3. The summed E-state index contributed by atoms with van der Waals surface area (Å²) in [6, 6.07) is 5.95. The van der Waals surface area contributed by atoms with E-state index in [0.29, 0.717) is 32.4 Å². The molecule has 8 rings (SSSR count). The number of likely N-dealkylation sites (tertiary alicyclic amines) is 1. The molecule has 2 N–H and O–H groups in total. The van der Waals surface area contributed by atoms with E-state index in [4.69, 9.17) is 23.7 Å². The Morgan fingerprint density at radius 2 is 1.80 bits per heavy atom. The summed E-state index contributed by atoms with van der Waals surface area (Å²) in [4.78, 5) is 55.9. The average molecular weight is 711 g/mol. The van der Waals surface area contributed by atoms with Gasteiger partial charge in [-0.2, -0.15) is 0 Å². The number of methoxy groups -OCH3 is 3. The predicted molar refractivity (Wildman–Crippen MR) is 179 cm³/mol. The van der Waals surface area contributed by atoms with Crippen LogP contribution in [0.3, 0.4) is 0 Å². The molecule has 5 aliphatic carbocycles. The quantitative estimate of drug-likeness (QED) is 0.284. The van der Waals surface area contributed by atoms with Gasteiger partial charge >= 0.3 is 11.9 Å². The van der Waals surface area contributed by atoms with Crippen LogP contribution >= 0.6 is 0 Å². The zero-order valence-corrected chi connectivity index (χ0v) is 30.2. The molecule has 2 amide bonds. The van der Waals surface area contributed by atoms with Crippen LogP contribution in [0.15, 0.2) is 24.3 Å². The van der Waals surface area contributed by atoms with Crippen LogP contribution in [0.25, 0.3) is 0 Å². The fraction of sp³-hybridized carbons (Fsp3) is 0.737. The van der Waals surface area contributed by atoms with Gasteiger partial charge < -0.3 is 33.9 Å². The minimum atomic E-state index is -1.82. The van der Waals surface area contributed by atoms with Crippen LogP contribution in [0.5, 0.6) is 0 Å². The Balaban J connectivity index is 1.24. The topological polar surface area (TPSA) is 161 Å². The average Bonchev–Trinajstić information content (AvgIpc) is 3.61. The van der Waals surface area contributed by atoms with Gasteiger partial charge in [0.05, 0.1) is 42.2 Å². The number of carbonyl (C=O) groups excluding carboxylic acids is 4. The number of para-hydroxylation sites is 1. The van der Waals surface area contributed by atoms with Crippen molar-refractivity contribution in [3.8, 4) is 0 Å². The van der Waals surface area contributed by atoms with E-state index in [2.05, 4.69) is 4.90 Å². The van der Waals surface area contributed by atoms with Crippen LogP contribution in [-0.2, 0) is 38.1 Å². The first kappa shape index (κ1) is 35.1. The number of nitrogens with zero attached hydrogens (tertiary/aromatic N) is 2. The van der Waals surface area contributed by atoms with Crippen LogP contribution in [0.4, 0.5) is 5.69 Å². The zero-order valence-electron chi connectivity index (χ0n) is 30.2. The molecule has 0 radical (unpaired) electrons. The molecule has 2 aliphatic heterocycles. The van der Waals surface area contributed by atoms with E-state index in [1.54, 1.807) is 52.5 Å². The number of piperidine rings is 1. The number of amides is 2. The van der Waals surface area contributed by atoms with Crippen LogP contribution in [0.1, 0.15) is 63.2 Å². The molecule has 13 heteroatoms. The second kappa shape index (κ2) is 11.8. The highest BCUT2D eigenvalue weighted by Gasteiger charge is 2.92. The number of carbonyl (C=O) groups is 4. The number of fused-ring (bicyclic) bond motifs is 2. The van der Waals surface area contributed by atoms with Gasteiger partial charge in [0.15, 0.2) is 0 Å². The summed E-state index contributed by atoms with van der Waals surface area (Å²) in [6.45, 7) is 6.10. The number of hydrogen-bond acceptors (Lipinski definition) is 12. The number of imide groups is 1. The number of esters is 2. The van der Waals surface area contributed by atoms with Gasteiger partial charge in [-0.05, 0) is 43.9 Å². The second-order valence-corrected chi connectivity index (χ2v) is 16.3. The van der Waals surface area contributed by atoms with E-state index in [1.807, 2.05) is 6.92 Å². The summed E-state index contributed by atoms with van der Waals surface area (Å²) in [5, 5.41) is 26.7. The molecule has 51 heavy (non-hydrogen) atoms. The van der Waals surface area contributed by atoms with Crippen LogP contribution in [-0.4, -0.2) is 122 Å². The first-order valence-corrected chi connectivity index (χ1v) is 18.4. The summed E-state index contributed by atoms with van der Waals surface area (Å²) >= 11 is 0. The molecule has 7 bridgehead atoms. The summed E-state index contributed by atoms with van der Waals surface area (Å²) in [5.74, 6) is -3.74. The van der Waals surface area contributed by atoms with Crippen molar-refractivity contribution >= 4 is 29.4 Å². The lowest BCUT2D eigenvalue weighted by Crippen LogP contribution is -2.82. The Bertz CT molecular complexity index is 1650. The fourth-order valence-corrected chi connectivity index (χ4v) is 13.2. The first-order valence-electron chi connectivity index (χ1n) is 18.4. The molecule has 7 fully saturated rings. The normalized spacial score (nSPS) is 46.4. The van der Waals surface area contributed by atoms with E-state index < -0.39 is 76.1 Å². The van der Waals surface area contributed by atoms with Crippen molar-refractivity contribution in [3.05, 3.63) is 29.8 Å². The largest absolute Gasteiger partial charge is 0.462 e. The van der Waals surface area contributed by atoms with Crippen molar-refractivity contribution in [1.29, 1.82) is 0 Å². The number of likely N-dealkylation sites (N-methyl/N-ethyl adjacent to an activating group) is 1. The Hall–Kier alpha value is -2.94. The molecular formula is C38H50N2O11. The third-order valence-electron chi connectivity index (χ3n) is 14.6. The highest BCUT2D eigenvalue weighted by Crippen LogP contribution is 2.80. The molecule has 2 saturated heterocycles. The van der Waals surface area contributed by atoms with Gasteiger partial charge in [-0.1, -0.05) is 26.0 Å². The maximum atomic E-state index is 14.1. The number of hydrogen-bond donors (Lipinski definition) is 2. The molecule has 5 saturated carbocycles. The number of ether oxygens (including phenoxy) is 5. The predicted octanol–water partition coefficient (Wildman–Crippen LogP) is 1.95. The van der Waals surface area contributed by atoms with Gasteiger partial charge in [0.1, 0.15) is 17.3 Å². The van der Waals surface area contributed by atoms with E-state index in [-0.39, 0.29) is 60.5 Å². The smallest absolute Gasteiger partial charge is 0.340 e. The third-order valence-corrected chi connectivity index (χ3v) is 14.6. The zero-order chi connectivity index (χ0) is 36.4. The summed E-state index contributed by atoms with van der Waals surface area (Å²) < 4.78 is 31.1. The van der Waals surface area contributed by atoms with Gasteiger partial charge in [-0.15, -0.1) is 0 Å². The lowest BCUT2D eigenvalue weighted by atomic mass is 9.42. The van der Waals surface area contributed by atoms with Crippen molar-refractivity contribution in [2.45, 2.75) is 94.5 Å². The van der Waals surface area contributed by atoms with Crippen molar-refractivity contribution in [3.63, 3.8) is 0 Å². The molecule has 1 aromatic rings. The summed E-state index contributed by atoms with van der Waals surface area (Å²) in [7, 11) is 4.85. The Morgan fingerprint density at radius 3 is 2.43 bits per heavy atom. The first-order chi connectivity index (χ1) is 24.3. The number of aliphatic hydroxyl groups is 2. The van der Waals surface area contributed by atoms with E-state index in [0.717, 1.165) is 4.90 Å². The maximum absolute atomic E-state index is 14.1. The van der Waals surface area contributed by atoms with Crippen molar-refractivity contribution in [1.82, 2.24) is 4.90 Å². The molecule has 7 aliphatic rings. The van der Waals surface area contributed by atoms with Crippen molar-refractivity contribution < 1.29 is 53.1 Å². The monoisotopic (exact) mass is 710 g/mol. The molecule has 13 nitrogen and oxygen atoms in total. The minimum absolute atomic E-state index is 0.0201. The Kier molecular flexibility index (Phi) is 8.11. The van der Waals surface area contributed by atoms with Crippen LogP contribution in [0.2, 0.25) is 0 Å². The highest BCUT2D eigenvalue weighted by molar-refractivity contribution is 6.22. The SMILES string of the molecule is CCN1C[C@]2(COC(=O)c3ccccc3N3C(=O)C[C@@H](C)C3=O)CC[C@@H](OC)[C@]34[C@@H]5C[C@H]6[C@H](OC(C)=O)[C@@H]5[C@](O)(C[C@@H]6OC)[C@](O)([C@@H](OC)[C@H]23)[C@@H]14. The molecule has 0 aromatic heterocycles. The fourth-order valence-electron chi connectivity index (χ4n) is 13.2. The maximum Gasteiger partial charge on any atom is 0.340 e. The summed E-state index contributed by atoms with van der Waals surface area (Å²) in [6.07, 6.45) is -0.303. The van der Waals surface area contributed by atoms with E-state index >= 15 is 0 Å². The van der Waals surface area contributed by atoms with Crippen LogP contribution in [0, 0.1) is 40.4 Å². The van der Waals surface area contributed by atoms with Crippen molar-refractivity contribution in [2.24, 2.45) is 40.4 Å². The highest BCUT2D eigenvalue weighted by atomic mass is 16.6. The molecule has 0 unspecified atom stereocenters. The molecule has 1 aromatic carbocycles. The summed E-state index contributed by atoms with van der Waals surface area (Å²) in [5.41, 5.74) is -4.72. The molecule has 1 spiro atoms. The van der Waals surface area contributed by atoms with Gasteiger partial charge in [-0.25, -0.2) is 9.69 Å². The Labute approximate surface area is 297 Å². The molecule has 2 heterocycles. The molecule has 14 atom stereocenters. The lowest BCUT2D eigenvalue weighted by molar-refractivity contribution is -0.319. The third kappa shape index (κ3) is 4.19. The van der Waals surface area contributed by atoms with Gasteiger partial charge in [-0.3, -0.25) is 19.3 Å². The standard InChI is InChI=1S/C38H50N2O11/c1-7-39-17-35(18-50-33(44)21-10-8-9-11-24(21)40-27(42)14-19(2)32(40)43)13-12-26(48-5)37-23-15-22-25(47-4)16-36(45,28(23)29(22)51-20(3)41)38(46,34(37)39)31(49-6)30(35)37/h8-11,19,22-23,25-26,28-31,34,45-46H,7,12-18H2,1-6H3/t19-,22-,23-,25+,26-,28-,29+,30-,31+,34+,35+,36-,37-,38+/m1/s1. The van der Waals surface area contributed by atoms with Crippen molar-refractivity contribution in [2.75, 3.05) is 45.9 Å². The van der Waals surface area contributed by atoms with Gasteiger partial charge in [0.25, 0.3) is 0 Å². The number of benzene rings is 1. The van der Waals surface area contributed by atoms with Gasteiger partial charge in [0.2, 0.25) is 11.8 Å². The van der Waals surface area contributed by atoms with E-state index in [9.17, 15) is 29.4 Å². The minimum Gasteiger partial charge on any atom is -0.462 e. The van der Waals surface area contributed by atoms with Crippen LogP contribution < -0.4 is 4.90 Å². The van der Waals surface area contributed by atoms with Gasteiger partial charge in [0, 0.05) is 82.1 Å².